The lowest BCUT2D eigenvalue weighted by Gasteiger charge is -2.30. The highest BCUT2D eigenvalue weighted by atomic mass is 16.5. The third-order valence-electron chi connectivity index (χ3n) is 5.01. The van der Waals surface area contributed by atoms with Crippen molar-refractivity contribution in [3.8, 4) is 0 Å². The van der Waals surface area contributed by atoms with Crippen LogP contribution in [0, 0.1) is 6.92 Å². The minimum atomic E-state index is 0.510. The van der Waals surface area contributed by atoms with Gasteiger partial charge in [-0.1, -0.05) is 36.4 Å². The van der Waals surface area contributed by atoms with Gasteiger partial charge in [-0.15, -0.1) is 10.2 Å². The predicted octanol–water partition coefficient (Wildman–Crippen LogP) is 2.39. The number of benzene rings is 1. The predicted molar refractivity (Wildman–Crippen MR) is 112 cm³/mol. The molecule has 1 N–H and O–H groups in total. The first-order chi connectivity index (χ1) is 13.7. The fourth-order valence-corrected chi connectivity index (χ4v) is 3.19. The summed E-state index contributed by atoms with van der Waals surface area (Å²) < 4.78 is 7.14. The Morgan fingerprint density at radius 2 is 2.07 bits per heavy atom. The van der Waals surface area contributed by atoms with Crippen LogP contribution in [0.1, 0.15) is 30.1 Å². The van der Waals surface area contributed by atoms with Gasteiger partial charge in [0, 0.05) is 40.4 Å². The van der Waals surface area contributed by atoms with Crippen LogP contribution < -0.4 is 5.32 Å². The van der Waals surface area contributed by atoms with Gasteiger partial charge in [0.15, 0.2) is 11.8 Å². The maximum Gasteiger partial charge on any atom is 0.194 e. The molecule has 0 amide bonds. The molecule has 1 aliphatic heterocycles. The first-order valence-electron chi connectivity index (χ1n) is 9.80. The second-order valence-corrected chi connectivity index (χ2v) is 6.93. The molecule has 0 radical (unpaired) electrons. The quantitative estimate of drug-likeness (QED) is 0.452. The van der Waals surface area contributed by atoms with Gasteiger partial charge < -0.3 is 19.5 Å². The van der Waals surface area contributed by atoms with Crippen LogP contribution in [-0.2, 0) is 18.3 Å². The first-order valence-corrected chi connectivity index (χ1v) is 9.80. The minimum absolute atomic E-state index is 0.510. The molecular weight excluding hydrogens is 352 g/mol. The molecule has 3 rings (SSSR count). The smallest absolute Gasteiger partial charge is 0.194 e. The maximum atomic E-state index is 5.16. The molecule has 0 saturated carbocycles. The number of rotatable bonds is 7. The number of nitrogens with one attached hydrogen (secondary N) is 1. The Hall–Kier alpha value is -2.67. The van der Waals surface area contributed by atoms with Gasteiger partial charge in [0.25, 0.3) is 0 Å². The average Bonchev–Trinajstić information content (AvgIpc) is 3.06. The summed E-state index contributed by atoms with van der Waals surface area (Å²) in [5.74, 6) is 2.68. The number of hydrogen-bond acceptors (Lipinski definition) is 4. The van der Waals surface area contributed by atoms with Crippen LogP contribution in [0.4, 0.5) is 0 Å². The normalized spacial score (nSPS) is 14.9. The number of ether oxygens (including phenoxy) is 1. The number of nitrogens with zero attached hydrogens (tertiary/aromatic N) is 5. The molecule has 150 valence electrons. The van der Waals surface area contributed by atoms with Crippen molar-refractivity contribution in [1.29, 1.82) is 0 Å². The summed E-state index contributed by atoms with van der Waals surface area (Å²) in [5.41, 5.74) is 2.71. The second kappa shape index (κ2) is 10.0. The lowest BCUT2D eigenvalue weighted by molar-refractivity contribution is 0.195. The summed E-state index contributed by atoms with van der Waals surface area (Å²) >= 11 is 0. The van der Waals surface area contributed by atoms with Gasteiger partial charge in [-0.3, -0.25) is 0 Å². The van der Waals surface area contributed by atoms with Crippen LogP contribution in [-0.4, -0.2) is 59.0 Å². The highest BCUT2D eigenvalue weighted by molar-refractivity contribution is 5.81. The lowest BCUT2D eigenvalue weighted by Crippen LogP contribution is -2.44. The van der Waals surface area contributed by atoms with Crippen molar-refractivity contribution >= 4 is 11.5 Å². The molecular formula is C21H30N6O. The standard InChI is InChI=1S/C21H30N6O/c1-17-24-25-20(26(17)2)16-23-21(22-12-7-15-28-3)27-13-10-19(11-14-27)18-8-5-4-6-9-18/h4-6,8-10H,7,11-16H2,1-3H3,(H,22,23). The van der Waals surface area contributed by atoms with E-state index in [0.717, 1.165) is 56.7 Å². The highest BCUT2D eigenvalue weighted by Crippen LogP contribution is 2.22. The Morgan fingerprint density at radius 3 is 2.71 bits per heavy atom. The summed E-state index contributed by atoms with van der Waals surface area (Å²) in [5, 5.41) is 11.8. The van der Waals surface area contributed by atoms with Gasteiger partial charge in [-0.2, -0.15) is 0 Å². The highest BCUT2D eigenvalue weighted by Gasteiger charge is 2.17. The summed E-state index contributed by atoms with van der Waals surface area (Å²) in [6, 6.07) is 10.6. The summed E-state index contributed by atoms with van der Waals surface area (Å²) in [6.45, 7) is 5.81. The molecule has 0 fully saturated rings. The summed E-state index contributed by atoms with van der Waals surface area (Å²) in [6.07, 6.45) is 4.25. The zero-order chi connectivity index (χ0) is 19.8. The van der Waals surface area contributed by atoms with Gasteiger partial charge in [-0.05, 0) is 30.9 Å². The maximum absolute atomic E-state index is 5.16. The number of guanidine groups is 1. The van der Waals surface area contributed by atoms with E-state index in [4.69, 9.17) is 9.73 Å². The van der Waals surface area contributed by atoms with E-state index in [0.29, 0.717) is 6.54 Å². The number of methoxy groups -OCH3 is 1. The lowest BCUT2D eigenvalue weighted by atomic mass is 10.00. The molecule has 2 heterocycles. The molecule has 28 heavy (non-hydrogen) atoms. The van der Waals surface area contributed by atoms with Gasteiger partial charge in [-0.25, -0.2) is 4.99 Å². The van der Waals surface area contributed by atoms with Crippen LogP contribution in [0.3, 0.4) is 0 Å². The van der Waals surface area contributed by atoms with Gasteiger partial charge >= 0.3 is 0 Å². The zero-order valence-electron chi connectivity index (χ0n) is 17.1. The van der Waals surface area contributed by atoms with Crippen molar-refractivity contribution in [3.63, 3.8) is 0 Å². The summed E-state index contributed by atoms with van der Waals surface area (Å²) in [7, 11) is 3.70. The Labute approximate surface area is 167 Å². The van der Waals surface area contributed by atoms with Crippen LogP contribution in [0.25, 0.3) is 5.57 Å². The third-order valence-corrected chi connectivity index (χ3v) is 5.01. The Bertz CT molecular complexity index is 812. The van der Waals surface area contributed by atoms with Gasteiger partial charge in [0.2, 0.25) is 0 Å². The van der Waals surface area contributed by atoms with E-state index < -0.39 is 0 Å². The largest absolute Gasteiger partial charge is 0.385 e. The van der Waals surface area contributed by atoms with Crippen molar-refractivity contribution < 1.29 is 4.74 Å². The monoisotopic (exact) mass is 382 g/mol. The van der Waals surface area contributed by atoms with E-state index in [1.165, 1.54) is 11.1 Å². The minimum Gasteiger partial charge on any atom is -0.385 e. The third kappa shape index (κ3) is 5.19. The van der Waals surface area contributed by atoms with Crippen LogP contribution in [0.2, 0.25) is 0 Å². The molecule has 0 unspecified atom stereocenters. The average molecular weight is 383 g/mol. The van der Waals surface area contributed by atoms with E-state index in [9.17, 15) is 0 Å². The fraction of sp³-hybridized carbons (Fsp3) is 0.476. The Balaban J connectivity index is 1.69. The molecule has 1 aliphatic rings. The van der Waals surface area contributed by atoms with Crippen molar-refractivity contribution in [2.45, 2.75) is 26.3 Å². The van der Waals surface area contributed by atoms with Crippen LogP contribution >= 0.6 is 0 Å². The van der Waals surface area contributed by atoms with E-state index in [1.54, 1.807) is 7.11 Å². The molecule has 7 nitrogen and oxygen atoms in total. The molecule has 2 aromatic rings. The van der Waals surface area contributed by atoms with E-state index >= 15 is 0 Å². The topological polar surface area (TPSA) is 67.6 Å². The van der Waals surface area contributed by atoms with Crippen molar-refractivity contribution in [3.05, 3.63) is 53.6 Å². The van der Waals surface area contributed by atoms with Crippen molar-refractivity contribution in [2.24, 2.45) is 12.0 Å². The van der Waals surface area contributed by atoms with Crippen LogP contribution in [0.15, 0.2) is 41.4 Å². The second-order valence-electron chi connectivity index (χ2n) is 6.93. The molecule has 1 aromatic heterocycles. The van der Waals surface area contributed by atoms with Crippen LogP contribution in [0.5, 0.6) is 0 Å². The number of aromatic nitrogens is 3. The summed E-state index contributed by atoms with van der Waals surface area (Å²) in [4.78, 5) is 7.12. The number of aliphatic imine (C=N–C) groups is 1. The van der Waals surface area contributed by atoms with Gasteiger partial charge in [0.1, 0.15) is 12.4 Å². The van der Waals surface area contributed by atoms with E-state index in [2.05, 4.69) is 56.8 Å². The zero-order valence-corrected chi connectivity index (χ0v) is 17.1. The first kappa shape index (κ1) is 20.1. The van der Waals surface area contributed by atoms with Gasteiger partial charge in [0.05, 0.1) is 0 Å². The molecule has 0 saturated heterocycles. The molecule has 0 bridgehead atoms. The van der Waals surface area contributed by atoms with Crippen molar-refractivity contribution in [1.82, 2.24) is 25.0 Å². The molecule has 0 atom stereocenters. The Morgan fingerprint density at radius 1 is 1.25 bits per heavy atom. The molecule has 0 spiro atoms. The Kier molecular flexibility index (Phi) is 7.19. The number of hydrogen-bond donors (Lipinski definition) is 1. The fourth-order valence-electron chi connectivity index (χ4n) is 3.19. The molecule has 0 aliphatic carbocycles. The van der Waals surface area contributed by atoms with E-state index in [-0.39, 0.29) is 0 Å². The SMILES string of the molecule is COCCCNC(=NCc1nnc(C)n1C)N1CC=C(c2ccccc2)CC1. The molecule has 7 heteroatoms. The number of aryl methyl sites for hydroxylation is 1. The van der Waals surface area contributed by atoms with Crippen molar-refractivity contribution in [2.75, 3.05) is 33.4 Å². The molecule has 1 aromatic carbocycles. The van der Waals surface area contributed by atoms with E-state index in [1.807, 2.05) is 18.5 Å².